The van der Waals surface area contributed by atoms with Crippen molar-refractivity contribution in [2.24, 2.45) is 0 Å². The highest BCUT2D eigenvalue weighted by atomic mass is 35.5. The van der Waals surface area contributed by atoms with Crippen LogP contribution < -0.4 is 5.32 Å². The Balaban J connectivity index is 1.51. The molecule has 1 N–H and O–H groups in total. The average Bonchev–Trinajstić information content (AvgIpc) is 3.41. The number of nitrogens with one attached hydrogen (secondary N) is 1. The van der Waals surface area contributed by atoms with Crippen LogP contribution in [0.3, 0.4) is 0 Å². The van der Waals surface area contributed by atoms with E-state index in [0.717, 1.165) is 50.9 Å². The van der Waals surface area contributed by atoms with Gasteiger partial charge in [-0.1, -0.05) is 52.2 Å². The van der Waals surface area contributed by atoms with E-state index in [0.29, 0.717) is 26.8 Å². The lowest BCUT2D eigenvalue weighted by atomic mass is 10.1. The number of nitriles is 1. The van der Waals surface area contributed by atoms with E-state index < -0.39 is 15.7 Å². The third-order valence-electron chi connectivity index (χ3n) is 6.51. The summed E-state index contributed by atoms with van der Waals surface area (Å²) in [5.74, 6) is -0.609. The minimum absolute atomic E-state index is 0.0886. The molecule has 5 aromatic rings. The lowest BCUT2D eigenvalue weighted by Gasteiger charge is -2.10. The van der Waals surface area contributed by atoms with Crippen LogP contribution in [0.2, 0.25) is 10.0 Å². The van der Waals surface area contributed by atoms with Crippen molar-refractivity contribution in [3.63, 3.8) is 0 Å². The normalized spacial score (nSPS) is 12.2. The Morgan fingerprint density at radius 3 is 2.58 bits per heavy atom. The largest absolute Gasteiger partial charge is 0.340 e. The molecule has 202 valence electrons. The maximum atomic E-state index is 13.2. The Labute approximate surface area is 245 Å². The second-order valence-corrected chi connectivity index (χ2v) is 13.3. The van der Waals surface area contributed by atoms with E-state index in [1.54, 1.807) is 18.2 Å². The Morgan fingerprint density at radius 1 is 1.10 bits per heavy atom. The number of carbonyl (C=O) groups excluding carboxylic acids is 1. The zero-order valence-corrected chi connectivity index (χ0v) is 24.8. The molecule has 1 amide bonds. The number of aromatic nitrogens is 2. The predicted octanol–water partition coefficient (Wildman–Crippen LogP) is 7.17. The van der Waals surface area contributed by atoms with E-state index in [1.807, 2.05) is 50.2 Å². The number of fused-ring (bicyclic) bond motifs is 2. The van der Waals surface area contributed by atoms with E-state index >= 15 is 0 Å². The fourth-order valence-corrected chi connectivity index (χ4v) is 6.42. The molecule has 7 nitrogen and oxygen atoms in total. The maximum absolute atomic E-state index is 13.2. The topological polar surface area (TPSA) is 105 Å². The van der Waals surface area contributed by atoms with Gasteiger partial charge < -0.3 is 4.57 Å². The monoisotopic (exact) mass is 608 g/mol. The highest BCUT2D eigenvalue weighted by Gasteiger charge is 2.18. The molecule has 2 heterocycles. The second-order valence-electron chi connectivity index (χ2n) is 9.40. The van der Waals surface area contributed by atoms with Gasteiger partial charge in [-0.05, 0) is 68.0 Å². The minimum atomic E-state index is -3.38. The van der Waals surface area contributed by atoms with E-state index in [4.69, 9.17) is 23.2 Å². The van der Waals surface area contributed by atoms with Gasteiger partial charge in [0.05, 0.1) is 25.2 Å². The van der Waals surface area contributed by atoms with Crippen molar-refractivity contribution < 1.29 is 13.2 Å². The summed E-state index contributed by atoms with van der Waals surface area (Å²) in [6, 6.07) is 18.2. The number of rotatable bonds is 6. The van der Waals surface area contributed by atoms with Crippen LogP contribution in [-0.4, -0.2) is 30.1 Å². The molecule has 0 saturated heterocycles. The van der Waals surface area contributed by atoms with Crippen LogP contribution in [0, 0.1) is 25.2 Å². The fraction of sp³-hybridized carbons (Fsp3) is 0.138. The van der Waals surface area contributed by atoms with Gasteiger partial charge in [0.1, 0.15) is 11.6 Å². The first-order chi connectivity index (χ1) is 18.9. The Kier molecular flexibility index (Phi) is 7.46. The lowest BCUT2D eigenvalue weighted by Crippen LogP contribution is -2.13. The van der Waals surface area contributed by atoms with Gasteiger partial charge in [0.2, 0.25) is 0 Å². The molecule has 0 bridgehead atoms. The van der Waals surface area contributed by atoms with Crippen LogP contribution in [-0.2, 0) is 21.2 Å². The van der Waals surface area contributed by atoms with Gasteiger partial charge in [0, 0.05) is 35.0 Å². The Bertz CT molecular complexity index is 2020. The molecule has 0 unspecified atom stereocenters. The number of amides is 1. The van der Waals surface area contributed by atoms with Gasteiger partial charge in [0.15, 0.2) is 15.0 Å². The number of halogens is 2. The van der Waals surface area contributed by atoms with Crippen LogP contribution in [0.1, 0.15) is 22.4 Å². The Hall–Kier alpha value is -3.68. The fourth-order valence-electron chi connectivity index (χ4n) is 4.47. The smallest absolute Gasteiger partial charge is 0.268 e. The molecular formula is C29H22Cl2N4O3S2. The maximum Gasteiger partial charge on any atom is 0.268 e. The van der Waals surface area contributed by atoms with Crippen LogP contribution in [0.5, 0.6) is 0 Å². The molecule has 0 spiro atoms. The van der Waals surface area contributed by atoms with Crippen LogP contribution >= 0.6 is 34.5 Å². The molecule has 0 saturated carbocycles. The zero-order valence-electron chi connectivity index (χ0n) is 21.6. The standard InChI is InChI=1S/C29H22Cl2N4O3S2/c1-16-4-9-26-22(10-16)21(17(2)35(26)15-18-5-7-23(30)24(31)11-18)12-19(14-32)28(36)34-29-33-25-8-6-20(40(3,37)38)13-27(25)39-29/h4-13H,15H2,1-3H3,(H,33,34,36)/b19-12+. The average molecular weight is 610 g/mol. The molecule has 0 aliphatic carbocycles. The van der Waals surface area contributed by atoms with Crippen molar-refractivity contribution in [3.05, 3.63) is 92.6 Å². The molecule has 40 heavy (non-hydrogen) atoms. The molecule has 11 heteroatoms. The Morgan fingerprint density at radius 2 is 1.88 bits per heavy atom. The van der Waals surface area contributed by atoms with Gasteiger partial charge >= 0.3 is 0 Å². The number of anilines is 1. The molecule has 0 aliphatic heterocycles. The molecule has 0 radical (unpaired) electrons. The summed E-state index contributed by atoms with van der Waals surface area (Å²) in [7, 11) is -3.38. The van der Waals surface area contributed by atoms with E-state index in [9.17, 15) is 18.5 Å². The van der Waals surface area contributed by atoms with Gasteiger partial charge in [-0.25, -0.2) is 13.4 Å². The summed E-state index contributed by atoms with van der Waals surface area (Å²) in [5.41, 5.74) is 5.04. The molecule has 0 aliphatic rings. The molecule has 0 fully saturated rings. The first-order valence-electron chi connectivity index (χ1n) is 12.0. The summed E-state index contributed by atoms with van der Waals surface area (Å²) in [4.78, 5) is 17.7. The van der Waals surface area contributed by atoms with Gasteiger partial charge in [0.25, 0.3) is 5.91 Å². The highest BCUT2D eigenvalue weighted by molar-refractivity contribution is 7.90. The molecule has 5 rings (SSSR count). The molecular weight excluding hydrogens is 587 g/mol. The number of nitrogens with zero attached hydrogens (tertiary/aromatic N) is 3. The van der Waals surface area contributed by atoms with Gasteiger partial charge in [-0.15, -0.1) is 0 Å². The summed E-state index contributed by atoms with van der Waals surface area (Å²) in [6.45, 7) is 4.45. The summed E-state index contributed by atoms with van der Waals surface area (Å²) in [6.07, 6.45) is 2.72. The summed E-state index contributed by atoms with van der Waals surface area (Å²) in [5, 5.41) is 14.7. The van der Waals surface area contributed by atoms with Gasteiger partial charge in [-0.2, -0.15) is 5.26 Å². The lowest BCUT2D eigenvalue weighted by molar-refractivity contribution is -0.112. The van der Waals surface area contributed by atoms with Gasteiger partial charge in [-0.3, -0.25) is 10.1 Å². The van der Waals surface area contributed by atoms with E-state index in [1.165, 1.54) is 12.1 Å². The van der Waals surface area contributed by atoms with Crippen LogP contribution in [0.4, 0.5) is 5.13 Å². The number of sulfone groups is 1. The molecule has 2 aromatic heterocycles. The van der Waals surface area contributed by atoms with Crippen molar-refractivity contribution in [3.8, 4) is 6.07 Å². The van der Waals surface area contributed by atoms with Crippen molar-refractivity contribution in [1.82, 2.24) is 9.55 Å². The SMILES string of the molecule is Cc1ccc2c(c1)c(/C=C(\C#N)C(=O)Nc1nc3ccc(S(C)(=O)=O)cc3s1)c(C)n2Cc1ccc(Cl)c(Cl)c1. The van der Waals surface area contributed by atoms with E-state index in [2.05, 4.69) is 14.9 Å². The first-order valence-corrected chi connectivity index (χ1v) is 15.5. The number of carbonyl (C=O) groups is 1. The quantitative estimate of drug-likeness (QED) is 0.162. The molecule has 3 aromatic carbocycles. The van der Waals surface area contributed by atoms with Crippen molar-refractivity contribution in [2.75, 3.05) is 11.6 Å². The van der Waals surface area contributed by atoms with E-state index in [-0.39, 0.29) is 15.6 Å². The number of benzene rings is 3. The number of hydrogen-bond donors (Lipinski definition) is 1. The predicted molar refractivity (Wildman–Crippen MR) is 162 cm³/mol. The summed E-state index contributed by atoms with van der Waals surface area (Å²) < 4.78 is 26.5. The zero-order chi connectivity index (χ0) is 28.8. The first kappa shape index (κ1) is 27.9. The summed E-state index contributed by atoms with van der Waals surface area (Å²) >= 11 is 13.5. The second kappa shape index (κ2) is 10.7. The number of thiazole rings is 1. The van der Waals surface area contributed by atoms with Crippen LogP contribution in [0.15, 0.2) is 65.1 Å². The number of aryl methyl sites for hydroxylation is 1. The third kappa shape index (κ3) is 5.49. The van der Waals surface area contributed by atoms with Crippen molar-refractivity contribution >= 4 is 82.6 Å². The van der Waals surface area contributed by atoms with Crippen LogP contribution in [0.25, 0.3) is 27.2 Å². The minimum Gasteiger partial charge on any atom is -0.340 e. The molecule has 0 atom stereocenters. The van der Waals surface area contributed by atoms with Crippen molar-refractivity contribution in [2.45, 2.75) is 25.3 Å². The number of hydrogen-bond acceptors (Lipinski definition) is 6. The van der Waals surface area contributed by atoms with Crippen molar-refractivity contribution in [1.29, 1.82) is 5.26 Å². The highest BCUT2D eigenvalue weighted by Crippen LogP contribution is 2.32. The third-order valence-corrected chi connectivity index (χ3v) is 9.30.